The van der Waals surface area contributed by atoms with E-state index in [1.54, 1.807) is 0 Å². The van der Waals surface area contributed by atoms with Crippen molar-refractivity contribution in [3.05, 3.63) is 11.6 Å². The number of ether oxygens (including phenoxy) is 1. The van der Waals surface area contributed by atoms with Crippen molar-refractivity contribution >= 4 is 6.09 Å². The normalized spacial score (nSPS) is 21.1. The molecule has 0 bridgehead atoms. The lowest BCUT2D eigenvalue weighted by Crippen LogP contribution is -2.39. The number of carbonyl (C=O) groups excluding carboxylic acids is 1. The molecular formula is C11H19NO3. The molecule has 0 spiro atoms. The van der Waals surface area contributed by atoms with Crippen LogP contribution in [0, 0.1) is 0 Å². The average molecular weight is 213 g/mol. The molecule has 2 N–H and O–H groups in total. The molecule has 1 atom stereocenters. The molecule has 0 radical (unpaired) electrons. The van der Waals surface area contributed by atoms with Crippen LogP contribution >= 0.6 is 0 Å². The number of aliphatic hydroxyl groups excluding tert-OH is 1. The molecule has 0 heterocycles. The zero-order valence-electron chi connectivity index (χ0n) is 9.54. The second-order valence-electron chi connectivity index (χ2n) is 4.71. The molecular weight excluding hydrogens is 194 g/mol. The van der Waals surface area contributed by atoms with Gasteiger partial charge in [-0.15, -0.1) is 0 Å². The first-order valence-corrected chi connectivity index (χ1v) is 5.21. The Kier molecular flexibility index (Phi) is 3.74. The largest absolute Gasteiger partial charge is 0.444 e. The molecule has 0 aromatic rings. The SMILES string of the molecule is CC(C)(C)OC(=O)NC1CCC=C1CO. The third kappa shape index (κ3) is 3.91. The first-order chi connectivity index (χ1) is 6.92. The maximum Gasteiger partial charge on any atom is 0.408 e. The van der Waals surface area contributed by atoms with E-state index in [0.29, 0.717) is 0 Å². The van der Waals surface area contributed by atoms with E-state index in [4.69, 9.17) is 9.84 Å². The number of hydrogen-bond acceptors (Lipinski definition) is 3. The number of carbonyl (C=O) groups is 1. The molecule has 0 aliphatic heterocycles. The van der Waals surface area contributed by atoms with Crippen molar-refractivity contribution in [2.24, 2.45) is 0 Å². The summed E-state index contributed by atoms with van der Waals surface area (Å²) >= 11 is 0. The summed E-state index contributed by atoms with van der Waals surface area (Å²) in [5.74, 6) is 0. The molecule has 1 aliphatic carbocycles. The van der Waals surface area contributed by atoms with Crippen LogP contribution in [0.4, 0.5) is 4.79 Å². The number of alkyl carbamates (subject to hydrolysis) is 1. The Morgan fingerprint density at radius 1 is 1.67 bits per heavy atom. The zero-order valence-corrected chi connectivity index (χ0v) is 9.54. The lowest BCUT2D eigenvalue weighted by molar-refractivity contribution is 0.0510. The van der Waals surface area contributed by atoms with E-state index in [2.05, 4.69) is 5.32 Å². The van der Waals surface area contributed by atoms with Crippen molar-refractivity contribution in [3.8, 4) is 0 Å². The number of hydrogen-bond donors (Lipinski definition) is 2. The van der Waals surface area contributed by atoms with Gasteiger partial charge in [0.2, 0.25) is 0 Å². The van der Waals surface area contributed by atoms with Gasteiger partial charge in [-0.25, -0.2) is 4.79 Å². The van der Waals surface area contributed by atoms with E-state index in [1.807, 2.05) is 26.8 Å². The van der Waals surface area contributed by atoms with Crippen LogP contribution < -0.4 is 5.32 Å². The quantitative estimate of drug-likeness (QED) is 0.685. The smallest absolute Gasteiger partial charge is 0.408 e. The fourth-order valence-corrected chi connectivity index (χ4v) is 1.55. The van der Waals surface area contributed by atoms with Crippen LogP contribution in [0.1, 0.15) is 33.6 Å². The third-order valence-corrected chi connectivity index (χ3v) is 2.18. The van der Waals surface area contributed by atoms with Crippen LogP contribution in [0.15, 0.2) is 11.6 Å². The molecule has 0 fully saturated rings. The Labute approximate surface area is 90.3 Å². The fraction of sp³-hybridized carbons (Fsp3) is 0.727. The summed E-state index contributed by atoms with van der Waals surface area (Å²) in [5.41, 5.74) is 0.395. The highest BCUT2D eigenvalue weighted by molar-refractivity contribution is 5.68. The minimum absolute atomic E-state index is 0.000461. The molecule has 0 aromatic carbocycles. The van der Waals surface area contributed by atoms with Gasteiger partial charge < -0.3 is 15.2 Å². The number of amides is 1. The van der Waals surface area contributed by atoms with Gasteiger partial charge in [0.25, 0.3) is 0 Å². The van der Waals surface area contributed by atoms with Crippen molar-refractivity contribution in [3.63, 3.8) is 0 Å². The van der Waals surface area contributed by atoms with Gasteiger partial charge in [-0.05, 0) is 39.2 Å². The van der Waals surface area contributed by atoms with Crippen LogP contribution in [-0.2, 0) is 4.74 Å². The van der Waals surface area contributed by atoms with Crippen molar-refractivity contribution < 1.29 is 14.6 Å². The van der Waals surface area contributed by atoms with Crippen molar-refractivity contribution in [2.45, 2.75) is 45.3 Å². The van der Waals surface area contributed by atoms with E-state index in [9.17, 15) is 4.79 Å². The van der Waals surface area contributed by atoms with Gasteiger partial charge in [0.1, 0.15) is 5.60 Å². The minimum Gasteiger partial charge on any atom is -0.444 e. The van der Waals surface area contributed by atoms with Gasteiger partial charge >= 0.3 is 6.09 Å². The van der Waals surface area contributed by atoms with E-state index in [1.165, 1.54) is 0 Å². The molecule has 4 heteroatoms. The summed E-state index contributed by atoms with van der Waals surface area (Å²) in [5, 5.41) is 11.8. The second-order valence-corrected chi connectivity index (χ2v) is 4.71. The van der Waals surface area contributed by atoms with Crippen LogP contribution in [-0.4, -0.2) is 29.4 Å². The maximum atomic E-state index is 11.4. The Bertz CT molecular complexity index is 265. The highest BCUT2D eigenvalue weighted by Gasteiger charge is 2.23. The zero-order chi connectivity index (χ0) is 11.5. The van der Waals surface area contributed by atoms with Crippen molar-refractivity contribution in [1.29, 1.82) is 0 Å². The van der Waals surface area contributed by atoms with Gasteiger partial charge in [0.05, 0.1) is 12.6 Å². The third-order valence-electron chi connectivity index (χ3n) is 2.18. The van der Waals surface area contributed by atoms with Gasteiger partial charge in [0.15, 0.2) is 0 Å². The predicted octanol–water partition coefficient (Wildman–Crippen LogP) is 1.59. The Balaban J connectivity index is 2.42. The van der Waals surface area contributed by atoms with Crippen molar-refractivity contribution in [2.75, 3.05) is 6.61 Å². The number of aliphatic hydroxyl groups is 1. The van der Waals surface area contributed by atoms with Crippen LogP contribution in [0.25, 0.3) is 0 Å². The number of nitrogens with one attached hydrogen (secondary N) is 1. The molecule has 4 nitrogen and oxygen atoms in total. The molecule has 0 aromatic heterocycles. The summed E-state index contributed by atoms with van der Waals surface area (Å²) in [6, 6.07) is -0.0650. The standard InChI is InChI=1S/C11H19NO3/c1-11(2,3)15-10(14)12-9-6-4-5-8(9)7-13/h5,9,13H,4,6-7H2,1-3H3,(H,12,14). The molecule has 1 rings (SSSR count). The Morgan fingerprint density at radius 2 is 2.33 bits per heavy atom. The van der Waals surface area contributed by atoms with Gasteiger partial charge in [0, 0.05) is 0 Å². The lowest BCUT2D eigenvalue weighted by atomic mass is 10.1. The average Bonchev–Trinajstić information content (AvgIpc) is 2.48. The Morgan fingerprint density at radius 3 is 2.87 bits per heavy atom. The topological polar surface area (TPSA) is 58.6 Å². The van der Waals surface area contributed by atoms with E-state index in [0.717, 1.165) is 18.4 Å². The first-order valence-electron chi connectivity index (χ1n) is 5.21. The van der Waals surface area contributed by atoms with Crippen LogP contribution in [0.2, 0.25) is 0 Å². The van der Waals surface area contributed by atoms with Gasteiger partial charge in [-0.1, -0.05) is 6.08 Å². The molecule has 0 saturated heterocycles. The number of allylic oxidation sites excluding steroid dienone is 1. The first kappa shape index (κ1) is 12.0. The van der Waals surface area contributed by atoms with Gasteiger partial charge in [-0.2, -0.15) is 0 Å². The summed E-state index contributed by atoms with van der Waals surface area (Å²) < 4.78 is 5.13. The molecule has 86 valence electrons. The summed E-state index contributed by atoms with van der Waals surface area (Å²) in [4.78, 5) is 11.4. The predicted molar refractivity (Wildman–Crippen MR) is 57.6 cm³/mol. The highest BCUT2D eigenvalue weighted by atomic mass is 16.6. The molecule has 1 aliphatic rings. The van der Waals surface area contributed by atoms with Crippen LogP contribution in [0.5, 0.6) is 0 Å². The summed E-state index contributed by atoms with van der Waals surface area (Å²) in [6.07, 6.45) is 3.28. The minimum atomic E-state index is -0.480. The summed E-state index contributed by atoms with van der Waals surface area (Å²) in [6.45, 7) is 5.47. The lowest BCUT2D eigenvalue weighted by Gasteiger charge is -2.22. The molecule has 1 unspecified atom stereocenters. The maximum absolute atomic E-state index is 11.4. The number of rotatable bonds is 2. The van der Waals surface area contributed by atoms with Crippen molar-refractivity contribution in [1.82, 2.24) is 5.32 Å². The van der Waals surface area contributed by atoms with Crippen LogP contribution in [0.3, 0.4) is 0 Å². The molecule has 1 amide bonds. The molecule has 0 saturated carbocycles. The highest BCUT2D eigenvalue weighted by Crippen LogP contribution is 2.18. The summed E-state index contributed by atoms with van der Waals surface area (Å²) in [7, 11) is 0. The van der Waals surface area contributed by atoms with E-state index >= 15 is 0 Å². The monoisotopic (exact) mass is 213 g/mol. The van der Waals surface area contributed by atoms with Gasteiger partial charge in [-0.3, -0.25) is 0 Å². The fourth-order valence-electron chi connectivity index (χ4n) is 1.55. The second kappa shape index (κ2) is 4.66. The molecule has 15 heavy (non-hydrogen) atoms. The van der Waals surface area contributed by atoms with E-state index < -0.39 is 11.7 Å². The van der Waals surface area contributed by atoms with E-state index in [-0.39, 0.29) is 12.6 Å². The Hall–Kier alpha value is -1.03.